The van der Waals surface area contributed by atoms with Crippen LogP contribution >= 0.6 is 23.2 Å². The van der Waals surface area contributed by atoms with Crippen LogP contribution in [0.5, 0.6) is 0 Å². The lowest BCUT2D eigenvalue weighted by atomic mass is 10.3. The van der Waals surface area contributed by atoms with Crippen LogP contribution in [0.2, 0.25) is 0 Å². The Bertz CT molecular complexity index is 239. The second-order valence-corrected chi connectivity index (χ2v) is 4.27. The average molecular weight is 238 g/mol. The third-order valence-electron chi connectivity index (χ3n) is 2.07. The van der Waals surface area contributed by atoms with Gasteiger partial charge in [-0.2, -0.15) is 0 Å². The van der Waals surface area contributed by atoms with Gasteiger partial charge in [-0.1, -0.05) is 23.2 Å². The van der Waals surface area contributed by atoms with Gasteiger partial charge in [0.1, 0.15) is 0 Å². The standard InChI is InChI=1S/C9H13Cl2NO2/c10-3-8(11)5-12(6-9(13)14)4-7-1-2-7/h3,7H,1-2,4-6H2,(H,13,14). The summed E-state index contributed by atoms with van der Waals surface area (Å²) < 4.78 is 0. The highest BCUT2D eigenvalue weighted by Crippen LogP contribution is 2.29. The van der Waals surface area contributed by atoms with E-state index < -0.39 is 5.97 Å². The Morgan fingerprint density at radius 3 is 2.57 bits per heavy atom. The van der Waals surface area contributed by atoms with Crippen molar-refractivity contribution in [1.29, 1.82) is 0 Å². The van der Waals surface area contributed by atoms with Crippen molar-refractivity contribution in [1.82, 2.24) is 4.90 Å². The molecule has 1 N–H and O–H groups in total. The summed E-state index contributed by atoms with van der Waals surface area (Å²) in [6, 6.07) is 0. The van der Waals surface area contributed by atoms with E-state index in [9.17, 15) is 4.79 Å². The highest BCUT2D eigenvalue weighted by Gasteiger charge is 2.25. The van der Waals surface area contributed by atoms with Crippen molar-refractivity contribution in [2.45, 2.75) is 12.8 Å². The number of halogens is 2. The number of rotatable bonds is 6. The van der Waals surface area contributed by atoms with Crippen molar-refractivity contribution in [3.63, 3.8) is 0 Å². The molecule has 3 nitrogen and oxygen atoms in total. The molecule has 0 aromatic rings. The molecule has 0 aliphatic heterocycles. The fraction of sp³-hybridized carbons (Fsp3) is 0.667. The Balaban J connectivity index is 2.38. The van der Waals surface area contributed by atoms with E-state index in [1.807, 2.05) is 0 Å². The molecule has 0 aromatic heterocycles. The fourth-order valence-corrected chi connectivity index (χ4v) is 1.53. The first-order valence-corrected chi connectivity index (χ1v) is 5.32. The largest absolute Gasteiger partial charge is 0.480 e. The first-order valence-electron chi connectivity index (χ1n) is 4.50. The smallest absolute Gasteiger partial charge is 0.317 e. The van der Waals surface area contributed by atoms with Gasteiger partial charge in [-0.3, -0.25) is 9.69 Å². The molecule has 1 saturated carbocycles. The van der Waals surface area contributed by atoms with Crippen LogP contribution in [0.15, 0.2) is 10.6 Å². The molecule has 0 radical (unpaired) electrons. The zero-order valence-electron chi connectivity index (χ0n) is 7.75. The zero-order valence-corrected chi connectivity index (χ0v) is 9.26. The third-order valence-corrected chi connectivity index (χ3v) is 2.67. The van der Waals surface area contributed by atoms with E-state index in [1.54, 1.807) is 4.90 Å². The van der Waals surface area contributed by atoms with Crippen LogP contribution in [0.1, 0.15) is 12.8 Å². The molecule has 0 unspecified atom stereocenters. The highest BCUT2D eigenvalue weighted by molar-refractivity contribution is 6.36. The lowest BCUT2D eigenvalue weighted by Crippen LogP contribution is -2.32. The first kappa shape index (κ1) is 11.8. The molecule has 1 aliphatic rings. The van der Waals surface area contributed by atoms with E-state index >= 15 is 0 Å². The van der Waals surface area contributed by atoms with Crippen LogP contribution in [-0.4, -0.2) is 35.6 Å². The predicted octanol–water partition coefficient (Wildman–Crippen LogP) is 2.10. The third kappa shape index (κ3) is 4.84. The van der Waals surface area contributed by atoms with Crippen molar-refractivity contribution in [2.24, 2.45) is 5.92 Å². The van der Waals surface area contributed by atoms with Crippen LogP contribution < -0.4 is 0 Å². The van der Waals surface area contributed by atoms with Gasteiger partial charge in [-0.05, 0) is 18.8 Å². The van der Waals surface area contributed by atoms with Crippen LogP contribution in [0, 0.1) is 5.92 Å². The van der Waals surface area contributed by atoms with Crippen LogP contribution in [0.4, 0.5) is 0 Å². The molecule has 80 valence electrons. The molecule has 1 rings (SSSR count). The second-order valence-electron chi connectivity index (χ2n) is 3.56. The maximum atomic E-state index is 10.5. The van der Waals surface area contributed by atoms with Gasteiger partial charge < -0.3 is 5.11 Å². The molecule has 0 bridgehead atoms. The van der Waals surface area contributed by atoms with Crippen LogP contribution in [-0.2, 0) is 4.79 Å². The monoisotopic (exact) mass is 237 g/mol. The average Bonchev–Trinajstić information content (AvgIpc) is 2.86. The topological polar surface area (TPSA) is 40.5 Å². The van der Waals surface area contributed by atoms with Crippen molar-refractivity contribution >= 4 is 29.2 Å². The molecule has 0 spiro atoms. The van der Waals surface area contributed by atoms with E-state index in [0.717, 1.165) is 6.54 Å². The molecule has 1 aliphatic carbocycles. The van der Waals surface area contributed by atoms with Gasteiger partial charge in [-0.25, -0.2) is 0 Å². The van der Waals surface area contributed by atoms with Crippen molar-refractivity contribution in [2.75, 3.05) is 19.6 Å². The number of hydrogen-bond donors (Lipinski definition) is 1. The van der Waals surface area contributed by atoms with E-state index in [0.29, 0.717) is 17.5 Å². The van der Waals surface area contributed by atoms with Crippen LogP contribution in [0.3, 0.4) is 0 Å². The Kier molecular flexibility index (Phi) is 4.72. The number of carbonyl (C=O) groups is 1. The lowest BCUT2D eigenvalue weighted by Gasteiger charge is -2.18. The molecule has 0 heterocycles. The number of carboxylic acids is 1. The Labute approximate surface area is 93.3 Å². The number of aliphatic carboxylic acids is 1. The maximum absolute atomic E-state index is 10.5. The van der Waals surface area contributed by atoms with Crippen LogP contribution in [0.25, 0.3) is 0 Å². The number of hydrogen-bond acceptors (Lipinski definition) is 2. The van der Waals surface area contributed by atoms with E-state index in [4.69, 9.17) is 28.3 Å². The lowest BCUT2D eigenvalue weighted by molar-refractivity contribution is -0.138. The Morgan fingerprint density at radius 2 is 2.14 bits per heavy atom. The molecule has 14 heavy (non-hydrogen) atoms. The second kappa shape index (κ2) is 5.59. The minimum absolute atomic E-state index is 0.0252. The fourth-order valence-electron chi connectivity index (χ4n) is 1.29. The predicted molar refractivity (Wildman–Crippen MR) is 56.6 cm³/mol. The summed E-state index contributed by atoms with van der Waals surface area (Å²) in [5, 5.41) is 9.15. The van der Waals surface area contributed by atoms with Gasteiger partial charge in [0, 0.05) is 23.7 Å². The first-order chi connectivity index (χ1) is 6.61. The van der Waals surface area contributed by atoms with Gasteiger partial charge in [0.15, 0.2) is 0 Å². The minimum Gasteiger partial charge on any atom is -0.480 e. The maximum Gasteiger partial charge on any atom is 0.317 e. The van der Waals surface area contributed by atoms with Gasteiger partial charge in [0.05, 0.1) is 6.54 Å². The molecular weight excluding hydrogens is 225 g/mol. The van der Waals surface area contributed by atoms with E-state index in [1.165, 1.54) is 18.4 Å². The summed E-state index contributed by atoms with van der Waals surface area (Å²) in [6.07, 6.45) is 2.39. The molecule has 0 saturated heterocycles. The Hall–Kier alpha value is -0.250. The summed E-state index contributed by atoms with van der Waals surface area (Å²) in [4.78, 5) is 12.4. The molecule has 1 fully saturated rings. The number of carboxylic acid groups (broad SMARTS) is 1. The number of nitrogens with zero attached hydrogens (tertiary/aromatic N) is 1. The quantitative estimate of drug-likeness (QED) is 0.770. The normalized spacial score (nSPS) is 17.5. The van der Waals surface area contributed by atoms with E-state index in [2.05, 4.69) is 0 Å². The SMILES string of the molecule is O=C(O)CN(CC(Cl)=CCl)CC1CC1. The summed E-state index contributed by atoms with van der Waals surface area (Å²) in [5.74, 6) is -0.182. The molecular formula is C9H13Cl2NO2. The molecule has 0 amide bonds. The molecule has 0 aromatic carbocycles. The molecule has 5 heteroatoms. The highest BCUT2D eigenvalue weighted by atomic mass is 35.5. The van der Waals surface area contributed by atoms with Crippen molar-refractivity contribution in [3.8, 4) is 0 Å². The van der Waals surface area contributed by atoms with Gasteiger partial charge in [0.25, 0.3) is 0 Å². The minimum atomic E-state index is -0.829. The summed E-state index contributed by atoms with van der Waals surface area (Å²) >= 11 is 11.2. The zero-order chi connectivity index (χ0) is 10.6. The van der Waals surface area contributed by atoms with E-state index in [-0.39, 0.29) is 6.54 Å². The summed E-state index contributed by atoms with van der Waals surface area (Å²) in [5.41, 5.74) is 1.28. The summed E-state index contributed by atoms with van der Waals surface area (Å²) in [6.45, 7) is 1.25. The van der Waals surface area contributed by atoms with Gasteiger partial charge >= 0.3 is 5.97 Å². The Morgan fingerprint density at radius 1 is 1.50 bits per heavy atom. The van der Waals surface area contributed by atoms with Crippen molar-refractivity contribution < 1.29 is 9.90 Å². The van der Waals surface area contributed by atoms with Crippen molar-refractivity contribution in [3.05, 3.63) is 10.6 Å². The molecule has 0 atom stereocenters. The van der Waals surface area contributed by atoms with Gasteiger partial charge in [-0.15, -0.1) is 0 Å². The summed E-state index contributed by atoms with van der Waals surface area (Å²) in [7, 11) is 0. The van der Waals surface area contributed by atoms with Gasteiger partial charge in [0.2, 0.25) is 0 Å².